The Labute approximate surface area is 257 Å². The fraction of sp³-hybridized carbons (Fsp3) is 0.484. The summed E-state index contributed by atoms with van der Waals surface area (Å²) in [6.45, 7) is 8.79. The summed E-state index contributed by atoms with van der Waals surface area (Å²) in [7, 11) is 0. The van der Waals surface area contributed by atoms with Gasteiger partial charge in [0.05, 0.1) is 6.04 Å². The summed E-state index contributed by atoms with van der Waals surface area (Å²) in [4.78, 5) is 44.1. The molecule has 1 N–H and O–H groups in total. The van der Waals surface area contributed by atoms with Gasteiger partial charge in [-0.3, -0.25) is 14.6 Å². The van der Waals surface area contributed by atoms with Gasteiger partial charge in [-0.1, -0.05) is 39.8 Å². The zero-order valence-corrected chi connectivity index (χ0v) is 26.1. The van der Waals surface area contributed by atoms with Crippen LogP contribution in [0.25, 0.3) is 0 Å². The Bertz CT molecular complexity index is 1250. The zero-order valence-electron chi connectivity index (χ0n) is 24.1. The molecule has 7 nitrogen and oxygen atoms in total. The van der Waals surface area contributed by atoms with Crippen LogP contribution < -0.4 is 40.0 Å². The van der Waals surface area contributed by atoms with Crippen LogP contribution >= 0.6 is 0 Å². The van der Waals surface area contributed by atoms with Gasteiger partial charge in [0.15, 0.2) is 0 Å². The number of aliphatic imine (C=N–C) groups is 1. The van der Waals surface area contributed by atoms with Gasteiger partial charge < -0.3 is 20.1 Å². The van der Waals surface area contributed by atoms with Crippen molar-refractivity contribution in [3.05, 3.63) is 71.0 Å². The molecule has 40 heavy (non-hydrogen) atoms. The van der Waals surface area contributed by atoms with E-state index >= 15 is 0 Å². The maximum Gasteiger partial charge on any atom is 1.00 e. The van der Waals surface area contributed by atoms with E-state index in [9.17, 15) is 23.9 Å². The molecule has 2 aromatic rings. The summed E-state index contributed by atoms with van der Waals surface area (Å²) in [5.41, 5.74) is 1.77. The van der Waals surface area contributed by atoms with E-state index in [1.807, 2.05) is 24.0 Å². The molecule has 0 unspecified atom stereocenters. The molecule has 2 aromatic carbocycles. The van der Waals surface area contributed by atoms with E-state index in [4.69, 9.17) is 4.99 Å². The van der Waals surface area contributed by atoms with Crippen molar-refractivity contribution in [1.82, 2.24) is 10.2 Å². The first-order valence-corrected chi connectivity index (χ1v) is 13.7. The van der Waals surface area contributed by atoms with Crippen molar-refractivity contribution in [1.29, 1.82) is 0 Å². The molecular formula is C31H37FN3NaO4. The van der Waals surface area contributed by atoms with E-state index in [1.54, 1.807) is 24.3 Å². The molecule has 2 aliphatic rings. The molecule has 2 amide bonds. The molecule has 0 radical (unpaired) electrons. The number of rotatable bonds is 8. The average Bonchev–Trinajstić information content (AvgIpc) is 3.16. The first kappa shape index (κ1) is 32.0. The maximum atomic E-state index is 14.0. The van der Waals surface area contributed by atoms with Crippen molar-refractivity contribution in [2.24, 2.45) is 16.3 Å². The number of aliphatic carboxylic acids is 1. The number of carbonyl (C=O) groups excluding carboxylic acids is 3. The van der Waals surface area contributed by atoms with Crippen LogP contribution in [0, 0.1) is 17.2 Å². The molecule has 1 aliphatic carbocycles. The third kappa shape index (κ3) is 6.84. The van der Waals surface area contributed by atoms with Crippen LogP contribution in [0.2, 0.25) is 0 Å². The Morgan fingerprint density at radius 1 is 1.10 bits per heavy atom. The van der Waals surface area contributed by atoms with E-state index in [0.717, 1.165) is 31.2 Å². The van der Waals surface area contributed by atoms with Crippen LogP contribution in [0.5, 0.6) is 0 Å². The number of amides is 2. The third-order valence-corrected chi connectivity index (χ3v) is 8.19. The minimum absolute atomic E-state index is 0. The number of nitrogens with zero attached hydrogens (tertiary/aromatic N) is 2. The summed E-state index contributed by atoms with van der Waals surface area (Å²) in [6, 6.07) is 12.7. The molecule has 1 aliphatic heterocycles. The molecule has 0 saturated heterocycles. The Kier molecular flexibility index (Phi) is 10.4. The van der Waals surface area contributed by atoms with Crippen molar-refractivity contribution in [2.45, 2.75) is 77.9 Å². The van der Waals surface area contributed by atoms with Crippen LogP contribution in [-0.2, 0) is 9.59 Å². The second-order valence-electron chi connectivity index (χ2n) is 11.7. The molecule has 208 valence electrons. The van der Waals surface area contributed by atoms with Crippen molar-refractivity contribution in [3.8, 4) is 0 Å². The monoisotopic (exact) mass is 557 g/mol. The van der Waals surface area contributed by atoms with Crippen LogP contribution in [0.4, 0.5) is 4.39 Å². The van der Waals surface area contributed by atoms with Gasteiger partial charge in [-0.15, -0.1) is 0 Å². The zero-order chi connectivity index (χ0) is 28.4. The minimum atomic E-state index is -1.22. The molecule has 1 saturated carbocycles. The molecule has 1 spiro atoms. The summed E-state index contributed by atoms with van der Waals surface area (Å²) in [5, 5.41) is 13.2. The number of carboxylic acids is 1. The van der Waals surface area contributed by atoms with Crippen LogP contribution in [0.1, 0.15) is 93.7 Å². The quantitative estimate of drug-likeness (QED) is 0.496. The van der Waals surface area contributed by atoms with Crippen molar-refractivity contribution >= 4 is 23.5 Å². The van der Waals surface area contributed by atoms with Gasteiger partial charge in [0, 0.05) is 30.1 Å². The smallest absolute Gasteiger partial charge is 0.550 e. The third-order valence-electron chi connectivity index (χ3n) is 8.19. The maximum absolute atomic E-state index is 14.0. The topological polar surface area (TPSA) is 102 Å². The second kappa shape index (κ2) is 13.0. The van der Waals surface area contributed by atoms with Gasteiger partial charge in [0.1, 0.15) is 17.2 Å². The minimum Gasteiger partial charge on any atom is -0.550 e. The van der Waals surface area contributed by atoms with Gasteiger partial charge in [-0.05, 0) is 85.4 Å². The van der Waals surface area contributed by atoms with Gasteiger partial charge in [-0.2, -0.15) is 0 Å². The molecular weight excluding hydrogens is 520 g/mol. The van der Waals surface area contributed by atoms with E-state index < -0.39 is 11.6 Å². The SMILES string of the molecule is CC[C@H](c1ccc(C(=O)NCCC(=O)[O-])cc1)N1C(=O)C(c2ccc(F)cc2)=NC12CCC(C(C)(C)C)CC2.[Na+]. The van der Waals surface area contributed by atoms with Gasteiger partial charge in [-0.25, -0.2) is 4.39 Å². The Balaban J connectivity index is 0.00000441. The largest absolute Gasteiger partial charge is 1.00 e. The van der Waals surface area contributed by atoms with E-state index in [-0.39, 0.29) is 71.6 Å². The molecule has 9 heteroatoms. The number of carboxylic acid groups (broad SMARTS) is 1. The Morgan fingerprint density at radius 2 is 1.70 bits per heavy atom. The molecule has 1 fully saturated rings. The fourth-order valence-corrected chi connectivity index (χ4v) is 5.94. The number of nitrogens with one attached hydrogen (secondary N) is 1. The van der Waals surface area contributed by atoms with Gasteiger partial charge >= 0.3 is 29.6 Å². The van der Waals surface area contributed by atoms with Crippen molar-refractivity contribution in [2.75, 3.05) is 6.54 Å². The summed E-state index contributed by atoms with van der Waals surface area (Å²) in [6.07, 6.45) is 3.80. The number of benzene rings is 2. The molecule has 0 aromatic heterocycles. The number of carbonyl (C=O) groups is 3. The van der Waals surface area contributed by atoms with Crippen molar-refractivity contribution < 1.29 is 53.4 Å². The van der Waals surface area contributed by atoms with E-state index in [0.29, 0.717) is 29.2 Å². The van der Waals surface area contributed by atoms with Crippen molar-refractivity contribution in [3.63, 3.8) is 0 Å². The summed E-state index contributed by atoms with van der Waals surface area (Å²) >= 11 is 0. The molecule has 1 heterocycles. The standard InChI is InChI=1S/C31H38FN3O4.Na/c1-5-25(20-6-8-22(9-7-20)28(38)33-19-16-26(36)37)35-29(39)27(21-10-12-24(32)13-11-21)34-31(35)17-14-23(15-18-31)30(2,3)4;/h6-13,23,25H,5,14-19H2,1-4H3,(H,33,38)(H,36,37);/q;+1/p-1/t23?,25-,31?;/m1./s1. The normalized spacial score (nSPS) is 21.5. The predicted molar refractivity (Wildman–Crippen MR) is 145 cm³/mol. The van der Waals surface area contributed by atoms with Crippen LogP contribution in [0.15, 0.2) is 53.5 Å². The van der Waals surface area contributed by atoms with Crippen LogP contribution in [0.3, 0.4) is 0 Å². The first-order chi connectivity index (χ1) is 18.4. The number of halogens is 1. The summed E-state index contributed by atoms with van der Waals surface area (Å²) in [5.74, 6) is -1.59. The van der Waals surface area contributed by atoms with Gasteiger partial charge in [0.2, 0.25) is 0 Å². The van der Waals surface area contributed by atoms with E-state index in [2.05, 4.69) is 26.1 Å². The Morgan fingerprint density at radius 3 is 2.23 bits per heavy atom. The number of hydrogen-bond donors (Lipinski definition) is 1. The van der Waals surface area contributed by atoms with Crippen LogP contribution in [-0.4, -0.2) is 40.6 Å². The molecule has 0 bridgehead atoms. The summed E-state index contributed by atoms with van der Waals surface area (Å²) < 4.78 is 13.7. The average molecular weight is 558 g/mol. The predicted octanol–water partition coefficient (Wildman–Crippen LogP) is 1.41. The second-order valence-corrected chi connectivity index (χ2v) is 11.7. The molecule has 1 atom stereocenters. The number of hydrogen-bond acceptors (Lipinski definition) is 5. The fourth-order valence-electron chi connectivity index (χ4n) is 5.94. The Hall–Kier alpha value is -2.55. The van der Waals surface area contributed by atoms with E-state index in [1.165, 1.54) is 12.1 Å². The first-order valence-electron chi connectivity index (χ1n) is 13.7. The molecule has 4 rings (SSSR count). The van der Waals surface area contributed by atoms with Gasteiger partial charge in [0.25, 0.3) is 11.8 Å².